The highest BCUT2D eigenvalue weighted by molar-refractivity contribution is 5.26. The van der Waals surface area contributed by atoms with Crippen molar-refractivity contribution in [3.05, 3.63) is 53.6 Å². The lowest BCUT2D eigenvalue weighted by Crippen LogP contribution is -2.01. The van der Waals surface area contributed by atoms with Gasteiger partial charge >= 0.3 is 0 Å². The van der Waals surface area contributed by atoms with Crippen LogP contribution in [0.2, 0.25) is 0 Å². The first-order valence-corrected chi connectivity index (χ1v) is 4.68. The molecule has 0 spiro atoms. The van der Waals surface area contributed by atoms with Gasteiger partial charge in [-0.3, -0.25) is 0 Å². The Hall–Kier alpha value is -1.75. The van der Waals surface area contributed by atoms with E-state index in [-0.39, 0.29) is 5.56 Å². The summed E-state index contributed by atoms with van der Waals surface area (Å²) in [5.41, 5.74) is 0.503. The minimum absolute atomic E-state index is 0.149. The van der Waals surface area contributed by atoms with E-state index in [1.807, 2.05) is 0 Å². The summed E-state index contributed by atoms with van der Waals surface area (Å²) in [5, 5.41) is 9.84. The van der Waals surface area contributed by atoms with Gasteiger partial charge in [-0.2, -0.15) is 0 Å². The molecule has 0 amide bonds. The molecule has 0 saturated heterocycles. The monoisotopic (exact) mass is 224 g/mol. The van der Waals surface area contributed by atoms with Gasteiger partial charge in [0.25, 0.3) is 0 Å². The lowest BCUT2D eigenvalue weighted by Gasteiger charge is -2.08. The van der Waals surface area contributed by atoms with Crippen molar-refractivity contribution >= 4 is 0 Å². The summed E-state index contributed by atoms with van der Waals surface area (Å²) in [7, 11) is 1.75. The number of hydrogen-bond acceptors (Lipinski definition) is 2. The Bertz CT molecular complexity index is 490. The first kappa shape index (κ1) is 10.8. The third kappa shape index (κ3) is 2.09. The normalized spacial score (nSPS) is 12.8. The predicted molar refractivity (Wildman–Crippen MR) is 53.6 cm³/mol. The Morgan fingerprint density at radius 3 is 2.38 bits per heavy atom. The maximum absolute atomic E-state index is 12.9. The van der Waals surface area contributed by atoms with Gasteiger partial charge in [0.2, 0.25) is 0 Å². The smallest absolute Gasteiger partial charge is 0.126 e. The number of aryl methyl sites for hydroxylation is 1. The molecule has 1 heterocycles. The molecule has 0 saturated carbocycles. The van der Waals surface area contributed by atoms with Crippen molar-refractivity contribution in [3.63, 3.8) is 0 Å². The summed E-state index contributed by atoms with van der Waals surface area (Å²) in [5.74, 6) is -1.44. The molecule has 0 aliphatic carbocycles. The average Bonchev–Trinajstić information content (AvgIpc) is 2.62. The molecule has 16 heavy (non-hydrogen) atoms. The van der Waals surface area contributed by atoms with Gasteiger partial charge in [0.05, 0.1) is 12.0 Å². The molecular weight excluding hydrogens is 214 g/mol. The summed E-state index contributed by atoms with van der Waals surface area (Å²) >= 11 is 0. The fourth-order valence-electron chi connectivity index (χ4n) is 1.48. The van der Waals surface area contributed by atoms with Crippen molar-refractivity contribution in [3.8, 4) is 0 Å². The highest BCUT2D eigenvalue weighted by Gasteiger charge is 2.14. The highest BCUT2D eigenvalue weighted by Crippen LogP contribution is 2.21. The summed E-state index contributed by atoms with van der Waals surface area (Å²) in [6.45, 7) is 0. The van der Waals surface area contributed by atoms with Gasteiger partial charge in [0.1, 0.15) is 17.7 Å². The second-order valence-corrected chi connectivity index (χ2v) is 3.57. The summed E-state index contributed by atoms with van der Waals surface area (Å²) in [6, 6.07) is 2.93. The molecule has 1 aromatic carbocycles. The van der Waals surface area contributed by atoms with E-state index in [0.717, 1.165) is 18.2 Å². The van der Waals surface area contributed by atoms with Gasteiger partial charge in [0.15, 0.2) is 0 Å². The minimum atomic E-state index is -1.12. The van der Waals surface area contributed by atoms with Crippen LogP contribution in [0, 0.1) is 11.6 Å². The highest BCUT2D eigenvalue weighted by atomic mass is 19.1. The number of aliphatic hydroxyl groups excluding tert-OH is 1. The molecule has 0 fully saturated rings. The summed E-state index contributed by atoms with van der Waals surface area (Å²) in [6.07, 6.45) is 1.98. The summed E-state index contributed by atoms with van der Waals surface area (Å²) in [4.78, 5) is 3.92. The number of aliphatic hydroxyl groups is 1. The van der Waals surface area contributed by atoms with Crippen LogP contribution in [0.25, 0.3) is 0 Å². The lowest BCUT2D eigenvalue weighted by molar-refractivity contribution is 0.214. The van der Waals surface area contributed by atoms with E-state index in [2.05, 4.69) is 4.98 Å². The molecule has 3 nitrogen and oxygen atoms in total. The van der Waals surface area contributed by atoms with Gasteiger partial charge in [-0.15, -0.1) is 0 Å². The van der Waals surface area contributed by atoms with Crippen LogP contribution in [0.3, 0.4) is 0 Å². The molecule has 0 radical (unpaired) electrons. The van der Waals surface area contributed by atoms with E-state index in [1.54, 1.807) is 17.8 Å². The van der Waals surface area contributed by atoms with E-state index in [9.17, 15) is 13.9 Å². The quantitative estimate of drug-likeness (QED) is 0.844. The van der Waals surface area contributed by atoms with Crippen LogP contribution in [-0.2, 0) is 7.05 Å². The zero-order chi connectivity index (χ0) is 11.7. The first-order chi connectivity index (χ1) is 7.56. The lowest BCUT2D eigenvalue weighted by atomic mass is 10.1. The standard InChI is InChI=1S/C11H10F2N2O/c1-15-5-10(14-6-15)11(16)7-2-8(12)4-9(13)3-7/h2-6,11,16H,1H3. The number of rotatable bonds is 2. The van der Waals surface area contributed by atoms with Gasteiger partial charge in [-0.1, -0.05) is 0 Å². The van der Waals surface area contributed by atoms with Gasteiger partial charge in [-0.25, -0.2) is 13.8 Å². The number of nitrogens with zero attached hydrogens (tertiary/aromatic N) is 2. The van der Waals surface area contributed by atoms with Crippen LogP contribution in [0.5, 0.6) is 0 Å². The van der Waals surface area contributed by atoms with Gasteiger partial charge in [-0.05, 0) is 17.7 Å². The SMILES string of the molecule is Cn1cnc(C(O)c2cc(F)cc(F)c2)c1. The van der Waals surface area contributed by atoms with E-state index in [0.29, 0.717) is 5.69 Å². The number of imidazole rings is 1. The van der Waals surface area contributed by atoms with Crippen LogP contribution < -0.4 is 0 Å². The van der Waals surface area contributed by atoms with Crippen molar-refractivity contribution < 1.29 is 13.9 Å². The number of halogens is 2. The van der Waals surface area contributed by atoms with Crippen molar-refractivity contribution in [2.75, 3.05) is 0 Å². The maximum Gasteiger partial charge on any atom is 0.126 e. The second kappa shape index (κ2) is 4.02. The van der Waals surface area contributed by atoms with E-state index >= 15 is 0 Å². The van der Waals surface area contributed by atoms with Crippen LogP contribution >= 0.6 is 0 Å². The Kier molecular flexibility index (Phi) is 2.70. The van der Waals surface area contributed by atoms with Crippen LogP contribution in [-0.4, -0.2) is 14.7 Å². The number of benzene rings is 1. The molecule has 1 aromatic heterocycles. The molecule has 2 aromatic rings. The van der Waals surface area contributed by atoms with Crippen molar-refractivity contribution in [1.82, 2.24) is 9.55 Å². The van der Waals surface area contributed by atoms with E-state index < -0.39 is 17.7 Å². The second-order valence-electron chi connectivity index (χ2n) is 3.57. The molecule has 0 aliphatic rings. The maximum atomic E-state index is 12.9. The number of aromatic nitrogens is 2. The largest absolute Gasteiger partial charge is 0.382 e. The minimum Gasteiger partial charge on any atom is -0.382 e. The third-order valence-electron chi connectivity index (χ3n) is 2.21. The zero-order valence-electron chi connectivity index (χ0n) is 8.56. The zero-order valence-corrected chi connectivity index (χ0v) is 8.56. The van der Waals surface area contributed by atoms with Crippen LogP contribution in [0.4, 0.5) is 8.78 Å². The fraction of sp³-hybridized carbons (Fsp3) is 0.182. The molecule has 0 aliphatic heterocycles. The average molecular weight is 224 g/mol. The molecule has 5 heteroatoms. The molecule has 1 unspecified atom stereocenters. The number of hydrogen-bond donors (Lipinski definition) is 1. The van der Waals surface area contributed by atoms with Crippen molar-refractivity contribution in [1.29, 1.82) is 0 Å². The van der Waals surface area contributed by atoms with E-state index in [4.69, 9.17) is 0 Å². The Morgan fingerprint density at radius 2 is 1.88 bits per heavy atom. The van der Waals surface area contributed by atoms with Crippen molar-refractivity contribution in [2.24, 2.45) is 7.05 Å². The summed E-state index contributed by atoms with van der Waals surface area (Å²) < 4.78 is 27.5. The van der Waals surface area contributed by atoms with Crippen LogP contribution in [0.1, 0.15) is 17.4 Å². The van der Waals surface area contributed by atoms with E-state index in [1.165, 1.54) is 6.33 Å². The molecular formula is C11H10F2N2O. The first-order valence-electron chi connectivity index (χ1n) is 4.68. The van der Waals surface area contributed by atoms with Crippen molar-refractivity contribution in [2.45, 2.75) is 6.10 Å². The van der Waals surface area contributed by atoms with Crippen LogP contribution in [0.15, 0.2) is 30.7 Å². The third-order valence-corrected chi connectivity index (χ3v) is 2.21. The Balaban J connectivity index is 2.37. The van der Waals surface area contributed by atoms with Gasteiger partial charge in [0, 0.05) is 19.3 Å². The predicted octanol–water partition coefficient (Wildman–Crippen LogP) is 1.78. The molecule has 0 bridgehead atoms. The topological polar surface area (TPSA) is 38.0 Å². The Labute approximate surface area is 91.0 Å². The molecule has 1 atom stereocenters. The fourth-order valence-corrected chi connectivity index (χ4v) is 1.48. The Morgan fingerprint density at radius 1 is 1.25 bits per heavy atom. The molecule has 1 N–H and O–H groups in total. The molecule has 84 valence electrons. The molecule has 2 rings (SSSR count). The van der Waals surface area contributed by atoms with Gasteiger partial charge < -0.3 is 9.67 Å².